The van der Waals surface area contributed by atoms with E-state index >= 15 is 0 Å². The molecule has 0 unspecified atom stereocenters. The molecule has 0 bridgehead atoms. The molecule has 1 aromatic carbocycles. The van der Waals surface area contributed by atoms with E-state index in [1.165, 1.54) is 37.6 Å². The Morgan fingerprint density at radius 1 is 1.45 bits per heavy atom. The topological polar surface area (TPSA) is 69.2 Å². The molecule has 0 saturated carbocycles. The van der Waals surface area contributed by atoms with Crippen molar-refractivity contribution in [1.29, 1.82) is 0 Å². The van der Waals surface area contributed by atoms with Gasteiger partial charge in [0.05, 0.1) is 13.3 Å². The molecule has 22 heavy (non-hydrogen) atoms. The fourth-order valence-corrected chi connectivity index (χ4v) is 1.39. The van der Waals surface area contributed by atoms with Gasteiger partial charge in [-0.1, -0.05) is 11.2 Å². The zero-order valence-electron chi connectivity index (χ0n) is 11.9. The molecule has 1 rings (SSSR count). The molecule has 0 radical (unpaired) electrons. The highest BCUT2D eigenvalue weighted by Gasteiger charge is 2.10. The summed E-state index contributed by atoms with van der Waals surface area (Å²) in [7, 11) is 1.33. The highest BCUT2D eigenvalue weighted by molar-refractivity contribution is 5.81. The molecule has 1 aromatic rings. The third-order valence-corrected chi connectivity index (χ3v) is 2.32. The molecule has 1 N–H and O–H groups in total. The number of rotatable bonds is 9. The maximum atomic E-state index is 12.2. The number of carbonyl (C=O) groups excluding carboxylic acids is 1. The average Bonchev–Trinajstić information content (AvgIpc) is 2.50. The predicted octanol–water partition coefficient (Wildman–Crippen LogP) is 1.95. The number of methoxy groups -OCH3 is 1. The van der Waals surface area contributed by atoms with Crippen LogP contribution in [0.5, 0.6) is 11.5 Å². The van der Waals surface area contributed by atoms with E-state index in [1.54, 1.807) is 0 Å². The van der Waals surface area contributed by atoms with E-state index in [4.69, 9.17) is 9.57 Å². The number of halogens is 2. The minimum absolute atomic E-state index is 0.0839. The van der Waals surface area contributed by atoms with Crippen molar-refractivity contribution in [3.63, 3.8) is 0 Å². The van der Waals surface area contributed by atoms with Crippen LogP contribution in [0.2, 0.25) is 0 Å². The Morgan fingerprint density at radius 3 is 2.86 bits per heavy atom. The second-order valence-corrected chi connectivity index (χ2v) is 3.89. The number of nitrogens with one attached hydrogen (secondary N) is 1. The van der Waals surface area contributed by atoms with Crippen LogP contribution < -0.4 is 14.8 Å². The third kappa shape index (κ3) is 6.21. The van der Waals surface area contributed by atoms with Crippen molar-refractivity contribution in [3.8, 4) is 11.5 Å². The average molecular weight is 314 g/mol. The summed E-state index contributed by atoms with van der Waals surface area (Å²) in [6.45, 7) is 0.617. The largest absolute Gasteiger partial charge is 0.493 e. The number of alkyl halides is 2. The molecule has 0 aliphatic carbocycles. The van der Waals surface area contributed by atoms with Crippen LogP contribution in [0.1, 0.15) is 5.56 Å². The number of carbonyl (C=O) groups is 1. The second-order valence-electron chi connectivity index (χ2n) is 3.89. The quantitative estimate of drug-likeness (QED) is 0.430. The third-order valence-electron chi connectivity index (χ3n) is 2.32. The Labute approximate surface area is 126 Å². The molecule has 0 fully saturated rings. The first-order valence-electron chi connectivity index (χ1n) is 6.22. The van der Waals surface area contributed by atoms with Gasteiger partial charge in [-0.25, -0.2) is 0 Å². The van der Waals surface area contributed by atoms with E-state index in [2.05, 4.69) is 21.8 Å². The van der Waals surface area contributed by atoms with Crippen molar-refractivity contribution < 1.29 is 27.9 Å². The van der Waals surface area contributed by atoms with Crippen molar-refractivity contribution in [2.24, 2.45) is 5.16 Å². The van der Waals surface area contributed by atoms with Crippen LogP contribution in [0.4, 0.5) is 8.78 Å². The van der Waals surface area contributed by atoms with Crippen molar-refractivity contribution in [1.82, 2.24) is 5.32 Å². The lowest BCUT2D eigenvalue weighted by atomic mass is 10.2. The molecular weight excluding hydrogens is 298 g/mol. The molecule has 0 aromatic heterocycles. The molecule has 0 saturated heterocycles. The van der Waals surface area contributed by atoms with Crippen molar-refractivity contribution in [3.05, 3.63) is 36.4 Å². The van der Waals surface area contributed by atoms with Crippen molar-refractivity contribution in [2.45, 2.75) is 6.61 Å². The first-order chi connectivity index (χ1) is 10.6. The summed E-state index contributed by atoms with van der Waals surface area (Å²) in [5, 5.41) is 6.11. The molecule has 0 spiro atoms. The highest BCUT2D eigenvalue weighted by atomic mass is 19.3. The van der Waals surface area contributed by atoms with Crippen LogP contribution in [0.3, 0.4) is 0 Å². The zero-order valence-corrected chi connectivity index (χ0v) is 11.9. The van der Waals surface area contributed by atoms with E-state index in [-0.39, 0.29) is 24.0 Å². The summed E-state index contributed by atoms with van der Waals surface area (Å²) >= 11 is 0. The molecule has 1 amide bonds. The number of ether oxygens (including phenoxy) is 2. The first-order valence-corrected chi connectivity index (χ1v) is 6.22. The summed E-state index contributed by atoms with van der Waals surface area (Å²) in [5.74, 6) is -0.289. The predicted molar refractivity (Wildman–Crippen MR) is 76.4 cm³/mol. The monoisotopic (exact) mass is 314 g/mol. The van der Waals surface area contributed by atoms with Crippen LogP contribution in [-0.2, 0) is 9.63 Å². The van der Waals surface area contributed by atoms with Crippen molar-refractivity contribution in [2.75, 3.05) is 20.3 Å². The number of amides is 1. The molecule has 0 aliphatic rings. The van der Waals surface area contributed by atoms with Gasteiger partial charge in [0.15, 0.2) is 18.1 Å². The van der Waals surface area contributed by atoms with Crippen LogP contribution >= 0.6 is 0 Å². The number of hydrogen-bond acceptors (Lipinski definition) is 5. The number of hydrogen-bond donors (Lipinski definition) is 1. The SMILES string of the molecule is C=CCNC(=O)CO/N=C/c1ccc(OC(F)F)c(OC)c1. The Balaban J connectivity index is 2.56. The Bertz CT molecular complexity index is 536. The maximum absolute atomic E-state index is 12.2. The number of nitrogens with zero attached hydrogens (tertiary/aromatic N) is 1. The van der Waals surface area contributed by atoms with Crippen LogP contribution in [0, 0.1) is 0 Å². The van der Waals surface area contributed by atoms with Gasteiger partial charge < -0.3 is 19.6 Å². The Hall–Kier alpha value is -2.64. The normalized spacial score (nSPS) is 10.5. The van der Waals surface area contributed by atoms with E-state index in [1.807, 2.05) is 0 Å². The van der Waals surface area contributed by atoms with Gasteiger partial charge in [-0.15, -0.1) is 6.58 Å². The summed E-state index contributed by atoms with van der Waals surface area (Å²) in [4.78, 5) is 16.0. The Morgan fingerprint density at radius 2 is 2.23 bits per heavy atom. The fourth-order valence-electron chi connectivity index (χ4n) is 1.39. The lowest BCUT2D eigenvalue weighted by Crippen LogP contribution is -2.26. The van der Waals surface area contributed by atoms with E-state index in [0.717, 1.165) is 0 Å². The minimum Gasteiger partial charge on any atom is -0.493 e. The smallest absolute Gasteiger partial charge is 0.387 e. The Kier molecular flexibility index (Phi) is 7.38. The van der Waals surface area contributed by atoms with Crippen LogP contribution in [0.25, 0.3) is 0 Å². The second kappa shape index (κ2) is 9.32. The molecule has 8 heteroatoms. The van der Waals surface area contributed by atoms with Crippen LogP contribution in [0.15, 0.2) is 36.0 Å². The summed E-state index contributed by atoms with van der Waals surface area (Å²) < 4.78 is 33.6. The minimum atomic E-state index is -2.94. The van der Waals surface area contributed by atoms with E-state index in [0.29, 0.717) is 12.1 Å². The van der Waals surface area contributed by atoms with Gasteiger partial charge in [-0.3, -0.25) is 4.79 Å². The first kappa shape index (κ1) is 17.4. The number of oxime groups is 1. The van der Waals surface area contributed by atoms with Gasteiger partial charge in [-0.05, 0) is 18.2 Å². The van der Waals surface area contributed by atoms with E-state index in [9.17, 15) is 13.6 Å². The molecular formula is C14H16F2N2O4. The van der Waals surface area contributed by atoms with Crippen LogP contribution in [-0.4, -0.2) is 39.0 Å². The number of benzene rings is 1. The molecule has 6 nitrogen and oxygen atoms in total. The lowest BCUT2D eigenvalue weighted by Gasteiger charge is -2.09. The standard InChI is InChI=1S/C14H16F2N2O4/c1-3-6-17-13(19)9-21-18-8-10-4-5-11(22-14(15)16)12(7-10)20-2/h3-5,7-8,14H,1,6,9H2,2H3,(H,17,19)/b18-8+. The van der Waals surface area contributed by atoms with Gasteiger partial charge in [0.25, 0.3) is 5.91 Å². The molecule has 0 heterocycles. The van der Waals surface area contributed by atoms with Crippen molar-refractivity contribution >= 4 is 12.1 Å². The van der Waals surface area contributed by atoms with Gasteiger partial charge in [0.2, 0.25) is 0 Å². The maximum Gasteiger partial charge on any atom is 0.387 e. The molecule has 120 valence electrons. The van der Waals surface area contributed by atoms with Gasteiger partial charge in [0.1, 0.15) is 0 Å². The zero-order chi connectivity index (χ0) is 16.4. The fraction of sp³-hybridized carbons (Fsp3) is 0.286. The molecule has 0 atom stereocenters. The summed E-state index contributed by atoms with van der Waals surface area (Å²) in [6, 6.07) is 4.26. The van der Waals surface area contributed by atoms with Gasteiger partial charge in [0, 0.05) is 12.1 Å². The summed E-state index contributed by atoms with van der Waals surface area (Å²) in [5.41, 5.74) is 0.532. The van der Waals surface area contributed by atoms with Gasteiger partial charge in [-0.2, -0.15) is 8.78 Å². The lowest BCUT2D eigenvalue weighted by molar-refractivity contribution is -0.125. The van der Waals surface area contributed by atoms with E-state index < -0.39 is 6.61 Å². The van der Waals surface area contributed by atoms with Gasteiger partial charge >= 0.3 is 6.61 Å². The highest BCUT2D eigenvalue weighted by Crippen LogP contribution is 2.28. The summed E-state index contributed by atoms with van der Waals surface area (Å²) in [6.07, 6.45) is 2.85. The molecule has 0 aliphatic heterocycles.